The van der Waals surface area contributed by atoms with Crippen molar-refractivity contribution in [1.29, 1.82) is 0 Å². The summed E-state index contributed by atoms with van der Waals surface area (Å²) in [7, 11) is 1.37. The largest absolute Gasteiger partial charge is 0.465 e. The Labute approximate surface area is 190 Å². The lowest BCUT2D eigenvalue weighted by Gasteiger charge is -2.38. The van der Waals surface area contributed by atoms with Gasteiger partial charge in [-0.15, -0.1) is 22.7 Å². The van der Waals surface area contributed by atoms with Crippen molar-refractivity contribution < 1.29 is 19.4 Å². The Morgan fingerprint density at radius 3 is 2.90 bits per heavy atom. The van der Waals surface area contributed by atoms with Crippen LogP contribution in [0.4, 0.5) is 4.79 Å². The van der Waals surface area contributed by atoms with Crippen LogP contribution in [0.1, 0.15) is 25.8 Å². The number of aliphatic hydroxyl groups excluding tert-OH is 1. The van der Waals surface area contributed by atoms with E-state index in [4.69, 9.17) is 4.74 Å². The molecule has 1 aliphatic heterocycles. The first-order valence-electron chi connectivity index (χ1n) is 9.23. The van der Waals surface area contributed by atoms with Gasteiger partial charge < -0.3 is 9.84 Å². The molecule has 1 amide bonds. The van der Waals surface area contributed by atoms with E-state index in [-0.39, 0.29) is 11.2 Å². The van der Waals surface area contributed by atoms with Crippen molar-refractivity contribution in [2.75, 3.05) is 32.5 Å². The average Bonchev–Trinajstić information content (AvgIpc) is 3.34. The number of nitrogens with zero attached hydrogens (tertiary/aromatic N) is 2. The van der Waals surface area contributed by atoms with Crippen LogP contribution in [0.25, 0.3) is 0 Å². The quantitative estimate of drug-likeness (QED) is 0.499. The second kappa shape index (κ2) is 10.9. The third-order valence-electron chi connectivity index (χ3n) is 4.52. The molecule has 0 bridgehead atoms. The molecule has 0 spiro atoms. The molecule has 0 aromatic carbocycles. The minimum Gasteiger partial charge on any atom is -0.465 e. The molecule has 2 aromatic heterocycles. The number of rotatable bonds is 9. The normalized spacial score (nSPS) is 16.2. The Morgan fingerprint density at radius 1 is 1.34 bits per heavy atom. The van der Waals surface area contributed by atoms with Crippen molar-refractivity contribution in [3.8, 4) is 0 Å². The van der Waals surface area contributed by atoms with Crippen LogP contribution in [0.15, 0.2) is 28.1 Å². The van der Waals surface area contributed by atoms with Crippen LogP contribution in [0.5, 0.6) is 0 Å². The third-order valence-corrected chi connectivity index (χ3v) is 8.21. The van der Waals surface area contributed by atoms with Crippen molar-refractivity contribution in [1.82, 2.24) is 10.0 Å². The molecule has 10 heteroatoms. The molecule has 0 aliphatic carbocycles. The van der Waals surface area contributed by atoms with E-state index in [0.29, 0.717) is 37.2 Å². The zero-order valence-corrected chi connectivity index (χ0v) is 20.0. The Balaban J connectivity index is 1.52. The summed E-state index contributed by atoms with van der Waals surface area (Å²) < 4.78 is 5.79. The lowest BCUT2D eigenvalue weighted by atomic mass is 10.1. The number of hydrogen-bond acceptors (Lipinski definition) is 8. The lowest BCUT2D eigenvalue weighted by molar-refractivity contribution is 0.0149. The first kappa shape index (κ1) is 22.8. The molecule has 1 aliphatic rings. The maximum absolute atomic E-state index is 12.4. The van der Waals surface area contributed by atoms with Crippen molar-refractivity contribution >= 4 is 61.6 Å². The fourth-order valence-corrected chi connectivity index (χ4v) is 6.32. The number of ether oxygens (including phenoxy) is 1. The van der Waals surface area contributed by atoms with Gasteiger partial charge in [0.15, 0.2) is 0 Å². The zero-order valence-electron chi connectivity index (χ0n) is 16.0. The Bertz CT molecular complexity index is 841. The first-order chi connectivity index (χ1) is 14.0. The van der Waals surface area contributed by atoms with Crippen molar-refractivity contribution in [3.05, 3.63) is 42.7 Å². The van der Waals surface area contributed by atoms with E-state index < -0.39 is 6.10 Å². The zero-order chi connectivity index (χ0) is 20.8. The van der Waals surface area contributed by atoms with Gasteiger partial charge in [-0.05, 0) is 40.5 Å². The molecular weight excluding hydrogens is 496 g/mol. The molecule has 29 heavy (non-hydrogen) atoms. The number of hydrogen-bond donors (Lipinski definition) is 1. The molecule has 158 valence electrons. The number of aliphatic hydroxyl groups is 1. The number of methoxy groups -OCH3 is 1. The van der Waals surface area contributed by atoms with Crippen LogP contribution in [0.3, 0.4) is 0 Å². The van der Waals surface area contributed by atoms with E-state index in [0.717, 1.165) is 26.5 Å². The van der Waals surface area contributed by atoms with Gasteiger partial charge in [-0.3, -0.25) is 9.80 Å². The van der Waals surface area contributed by atoms with Crippen LogP contribution in [-0.2, 0) is 17.6 Å². The third kappa shape index (κ3) is 6.53. The molecule has 6 nitrogen and oxygen atoms in total. The number of carbonyl (C=O) groups excluding carboxylic acids is 2. The molecule has 3 heterocycles. The molecule has 1 saturated heterocycles. The van der Waals surface area contributed by atoms with Gasteiger partial charge in [0.2, 0.25) is 0 Å². The van der Waals surface area contributed by atoms with Gasteiger partial charge >= 0.3 is 5.97 Å². The summed E-state index contributed by atoms with van der Waals surface area (Å²) in [6.07, 6.45) is 1.47. The molecule has 2 aromatic rings. The topological polar surface area (TPSA) is 70.1 Å². The van der Waals surface area contributed by atoms with Gasteiger partial charge in [-0.2, -0.15) is 0 Å². The fourth-order valence-electron chi connectivity index (χ4n) is 3.05. The van der Waals surface area contributed by atoms with Gasteiger partial charge in [-0.1, -0.05) is 11.8 Å². The second-order valence-corrected chi connectivity index (χ2v) is 10.7. The SMILES string of the molecule is COC(=O)c1ccc(CCN2C(=O)SCCN2CCC(O)Cc2cc(Br)cs2)s1. The predicted molar refractivity (Wildman–Crippen MR) is 122 cm³/mol. The van der Waals surface area contributed by atoms with Gasteiger partial charge in [0.05, 0.1) is 13.2 Å². The minimum absolute atomic E-state index is 0.0395. The summed E-state index contributed by atoms with van der Waals surface area (Å²) in [4.78, 5) is 26.8. The highest BCUT2D eigenvalue weighted by atomic mass is 79.9. The van der Waals surface area contributed by atoms with Crippen molar-refractivity contribution in [3.63, 3.8) is 0 Å². The molecule has 1 unspecified atom stereocenters. The minimum atomic E-state index is -0.438. The summed E-state index contributed by atoms with van der Waals surface area (Å²) in [5, 5.41) is 16.3. The number of thioether (sulfide) groups is 1. The van der Waals surface area contributed by atoms with E-state index >= 15 is 0 Å². The van der Waals surface area contributed by atoms with Gasteiger partial charge in [0.1, 0.15) is 4.88 Å². The second-order valence-electron chi connectivity index (χ2n) is 6.58. The lowest BCUT2D eigenvalue weighted by Crippen LogP contribution is -2.51. The summed E-state index contributed by atoms with van der Waals surface area (Å²) in [5.74, 6) is 0.425. The number of thiophene rings is 2. The van der Waals surface area contributed by atoms with E-state index in [1.54, 1.807) is 22.4 Å². The number of carbonyl (C=O) groups is 2. The summed E-state index contributed by atoms with van der Waals surface area (Å²) >= 11 is 7.79. The highest BCUT2D eigenvalue weighted by Crippen LogP contribution is 2.24. The van der Waals surface area contributed by atoms with Crippen LogP contribution < -0.4 is 0 Å². The molecule has 1 atom stereocenters. The number of hydrazine groups is 1. The Morgan fingerprint density at radius 2 is 2.17 bits per heavy atom. The number of amides is 1. The van der Waals surface area contributed by atoms with E-state index in [9.17, 15) is 14.7 Å². The number of halogens is 1. The van der Waals surface area contributed by atoms with Gasteiger partial charge in [0.25, 0.3) is 5.24 Å². The first-order valence-corrected chi connectivity index (χ1v) is 12.7. The van der Waals surface area contributed by atoms with Crippen LogP contribution >= 0.6 is 50.4 Å². The monoisotopic (exact) mass is 518 g/mol. The van der Waals surface area contributed by atoms with Crippen LogP contribution in [0.2, 0.25) is 0 Å². The van der Waals surface area contributed by atoms with Crippen LogP contribution in [0, 0.1) is 0 Å². The summed E-state index contributed by atoms with van der Waals surface area (Å²) in [5.41, 5.74) is 0. The summed E-state index contributed by atoms with van der Waals surface area (Å²) in [6.45, 7) is 1.98. The van der Waals surface area contributed by atoms with Crippen LogP contribution in [-0.4, -0.2) is 64.9 Å². The Kier molecular flexibility index (Phi) is 8.57. The van der Waals surface area contributed by atoms with Gasteiger partial charge in [0, 0.05) is 57.8 Å². The van der Waals surface area contributed by atoms with Crippen molar-refractivity contribution in [2.24, 2.45) is 0 Å². The van der Waals surface area contributed by atoms with E-state index in [1.807, 2.05) is 22.5 Å². The molecule has 0 radical (unpaired) electrons. The molecule has 3 rings (SSSR count). The van der Waals surface area contributed by atoms with E-state index in [1.165, 1.54) is 30.2 Å². The van der Waals surface area contributed by atoms with Gasteiger partial charge in [-0.25, -0.2) is 9.80 Å². The maximum Gasteiger partial charge on any atom is 0.348 e. The average molecular weight is 520 g/mol. The molecule has 1 N–H and O–H groups in total. The standard InChI is InChI=1S/C19H23BrN2O4S3/c1-26-18(24)17-3-2-15(29-17)5-7-22-19(25)27-9-8-21(22)6-4-14(23)11-16-10-13(20)12-28-16/h2-3,10,12,14,23H,4-9,11H2,1H3. The Hall–Kier alpha value is -0.910. The smallest absolute Gasteiger partial charge is 0.348 e. The predicted octanol–water partition coefficient (Wildman–Crippen LogP) is 4.28. The summed E-state index contributed by atoms with van der Waals surface area (Å²) in [6, 6.07) is 5.70. The molecule has 0 saturated carbocycles. The van der Waals surface area contributed by atoms with Crippen molar-refractivity contribution in [2.45, 2.75) is 25.4 Å². The highest BCUT2D eigenvalue weighted by Gasteiger charge is 2.27. The molecule has 1 fully saturated rings. The fraction of sp³-hybridized carbons (Fsp3) is 0.474. The molecular formula is C19H23BrN2O4S3. The highest BCUT2D eigenvalue weighted by molar-refractivity contribution is 9.10. The maximum atomic E-state index is 12.4. The van der Waals surface area contributed by atoms with E-state index in [2.05, 4.69) is 15.9 Å². The number of esters is 1.